The van der Waals surface area contributed by atoms with Gasteiger partial charge in [0, 0.05) is 30.6 Å². The van der Waals surface area contributed by atoms with E-state index in [1.165, 1.54) is 0 Å². The van der Waals surface area contributed by atoms with E-state index in [0.717, 1.165) is 30.6 Å². The standard InChI is InChI=1S/C23H25ClN4O3/c1-30-15-18-6-5-13-28(18)26-23(29)20-14-27(17-11-9-16(24)10-12-17)22(25-20)19-7-3-4-8-21(19)31-2/h3-4,7-12,14,18H,5-6,13,15H2,1-2H3,(H,26,29)/t18-/m1/s1. The van der Waals surface area contributed by atoms with Gasteiger partial charge in [-0.25, -0.2) is 9.99 Å². The Labute approximate surface area is 186 Å². The fraction of sp³-hybridized carbons (Fsp3) is 0.304. The lowest BCUT2D eigenvalue weighted by Gasteiger charge is -2.23. The Bertz CT molecular complexity index is 1050. The van der Waals surface area contributed by atoms with Crippen LogP contribution in [-0.2, 0) is 4.74 Å². The van der Waals surface area contributed by atoms with Gasteiger partial charge in [-0.05, 0) is 49.2 Å². The molecule has 8 heteroatoms. The number of hydrogen-bond acceptors (Lipinski definition) is 5. The number of amides is 1. The fourth-order valence-electron chi connectivity index (χ4n) is 3.84. The van der Waals surface area contributed by atoms with Gasteiger partial charge in [0.05, 0.1) is 25.3 Å². The summed E-state index contributed by atoms with van der Waals surface area (Å²) >= 11 is 6.07. The molecule has 0 unspecified atom stereocenters. The van der Waals surface area contributed by atoms with Crippen LogP contribution in [0.5, 0.6) is 5.75 Å². The second-order valence-electron chi connectivity index (χ2n) is 7.38. The van der Waals surface area contributed by atoms with Gasteiger partial charge in [-0.15, -0.1) is 0 Å². The van der Waals surface area contributed by atoms with Crippen LogP contribution in [0.25, 0.3) is 17.1 Å². The zero-order valence-corrected chi connectivity index (χ0v) is 18.3. The molecule has 0 saturated carbocycles. The highest BCUT2D eigenvalue weighted by atomic mass is 35.5. The van der Waals surface area contributed by atoms with E-state index in [4.69, 9.17) is 21.1 Å². The highest BCUT2D eigenvalue weighted by Crippen LogP contribution is 2.31. The van der Waals surface area contributed by atoms with Gasteiger partial charge in [0.2, 0.25) is 0 Å². The third-order valence-electron chi connectivity index (χ3n) is 5.37. The van der Waals surface area contributed by atoms with E-state index in [1.54, 1.807) is 20.4 Å². The average molecular weight is 441 g/mol. The second kappa shape index (κ2) is 9.51. The van der Waals surface area contributed by atoms with Crippen molar-refractivity contribution in [1.82, 2.24) is 20.0 Å². The maximum absolute atomic E-state index is 13.1. The minimum atomic E-state index is -0.258. The maximum Gasteiger partial charge on any atom is 0.285 e. The Morgan fingerprint density at radius 1 is 1.19 bits per heavy atom. The number of halogens is 1. The van der Waals surface area contributed by atoms with E-state index >= 15 is 0 Å². The molecule has 2 heterocycles. The number of ether oxygens (including phenoxy) is 2. The molecule has 1 saturated heterocycles. The van der Waals surface area contributed by atoms with E-state index in [-0.39, 0.29) is 11.9 Å². The molecule has 1 aromatic heterocycles. The minimum absolute atomic E-state index is 0.168. The smallest absolute Gasteiger partial charge is 0.285 e. The summed E-state index contributed by atoms with van der Waals surface area (Å²) in [5.74, 6) is 1.03. The van der Waals surface area contributed by atoms with Crippen LogP contribution in [0.1, 0.15) is 23.3 Å². The topological polar surface area (TPSA) is 68.6 Å². The number of para-hydroxylation sites is 1. The van der Waals surface area contributed by atoms with Crippen molar-refractivity contribution in [2.45, 2.75) is 18.9 Å². The Hall–Kier alpha value is -2.87. The monoisotopic (exact) mass is 440 g/mol. The summed E-state index contributed by atoms with van der Waals surface area (Å²) in [5, 5.41) is 2.58. The van der Waals surface area contributed by atoms with E-state index in [0.29, 0.717) is 28.9 Å². The number of benzene rings is 2. The molecule has 1 aliphatic rings. The van der Waals surface area contributed by atoms with Crippen LogP contribution in [-0.4, -0.2) is 53.9 Å². The number of nitrogens with zero attached hydrogens (tertiary/aromatic N) is 3. The lowest BCUT2D eigenvalue weighted by Crippen LogP contribution is -2.46. The van der Waals surface area contributed by atoms with Gasteiger partial charge >= 0.3 is 0 Å². The highest BCUT2D eigenvalue weighted by Gasteiger charge is 2.27. The number of hydrogen-bond donors (Lipinski definition) is 1. The molecule has 1 amide bonds. The molecule has 0 radical (unpaired) electrons. The molecule has 7 nitrogen and oxygen atoms in total. The lowest BCUT2D eigenvalue weighted by molar-refractivity contribution is 0.0607. The number of aromatic nitrogens is 2. The first-order valence-electron chi connectivity index (χ1n) is 10.2. The lowest BCUT2D eigenvalue weighted by atomic mass is 10.2. The Kier molecular flexibility index (Phi) is 6.56. The third-order valence-corrected chi connectivity index (χ3v) is 5.62. The van der Waals surface area contributed by atoms with Crippen LogP contribution in [0.3, 0.4) is 0 Å². The van der Waals surface area contributed by atoms with Crippen molar-refractivity contribution in [3.63, 3.8) is 0 Å². The molecular formula is C23H25ClN4O3. The molecule has 1 fully saturated rings. The largest absolute Gasteiger partial charge is 0.496 e. The maximum atomic E-state index is 13.1. The number of methoxy groups -OCH3 is 2. The van der Waals surface area contributed by atoms with Gasteiger partial charge in [-0.3, -0.25) is 14.8 Å². The van der Waals surface area contributed by atoms with E-state index in [9.17, 15) is 4.79 Å². The molecule has 1 N–H and O–H groups in total. The summed E-state index contributed by atoms with van der Waals surface area (Å²) in [5.41, 5.74) is 4.95. The van der Waals surface area contributed by atoms with Crippen molar-refractivity contribution >= 4 is 17.5 Å². The molecule has 31 heavy (non-hydrogen) atoms. The van der Waals surface area contributed by atoms with Crippen LogP contribution in [0.15, 0.2) is 54.7 Å². The number of imidazole rings is 1. The molecule has 0 spiro atoms. The van der Waals surface area contributed by atoms with E-state index < -0.39 is 0 Å². The normalized spacial score (nSPS) is 16.4. The Balaban J connectivity index is 1.71. The number of rotatable bonds is 7. The van der Waals surface area contributed by atoms with Crippen LogP contribution in [0.4, 0.5) is 0 Å². The summed E-state index contributed by atoms with van der Waals surface area (Å²) in [4.78, 5) is 17.7. The molecule has 0 bridgehead atoms. The molecular weight excluding hydrogens is 416 g/mol. The average Bonchev–Trinajstić information content (AvgIpc) is 3.42. The molecule has 1 atom stereocenters. The Morgan fingerprint density at radius 2 is 1.97 bits per heavy atom. The SMILES string of the molecule is COC[C@H]1CCCN1NC(=O)c1cn(-c2ccc(Cl)cc2)c(-c2ccccc2OC)n1. The van der Waals surface area contributed by atoms with Gasteiger partial charge in [-0.1, -0.05) is 23.7 Å². The number of carbonyl (C=O) groups excluding carboxylic acids is 1. The molecule has 1 aliphatic heterocycles. The predicted molar refractivity (Wildman–Crippen MR) is 120 cm³/mol. The summed E-state index contributed by atoms with van der Waals surface area (Å²) in [6.07, 6.45) is 3.74. The van der Waals surface area contributed by atoms with E-state index in [1.807, 2.05) is 58.1 Å². The van der Waals surface area contributed by atoms with Crippen LogP contribution < -0.4 is 10.2 Å². The van der Waals surface area contributed by atoms with Crippen molar-refractivity contribution in [3.8, 4) is 22.8 Å². The summed E-state index contributed by atoms with van der Waals surface area (Å²) in [7, 11) is 3.29. The fourth-order valence-corrected chi connectivity index (χ4v) is 3.97. The molecule has 3 aromatic rings. The summed E-state index contributed by atoms with van der Waals surface area (Å²) < 4.78 is 12.7. The van der Waals surface area contributed by atoms with E-state index in [2.05, 4.69) is 10.4 Å². The second-order valence-corrected chi connectivity index (χ2v) is 7.82. The van der Waals surface area contributed by atoms with Gasteiger partial charge in [0.1, 0.15) is 17.3 Å². The van der Waals surface area contributed by atoms with Gasteiger partial charge in [-0.2, -0.15) is 0 Å². The number of hydrazine groups is 1. The zero-order chi connectivity index (χ0) is 21.8. The first-order valence-corrected chi connectivity index (χ1v) is 10.5. The Morgan fingerprint density at radius 3 is 2.71 bits per heavy atom. The van der Waals surface area contributed by atoms with Crippen LogP contribution >= 0.6 is 11.6 Å². The van der Waals surface area contributed by atoms with Gasteiger partial charge in [0.25, 0.3) is 5.91 Å². The van der Waals surface area contributed by atoms with Crippen molar-refractivity contribution in [2.75, 3.05) is 27.4 Å². The quantitative estimate of drug-likeness (QED) is 0.602. The first kappa shape index (κ1) is 21.4. The third kappa shape index (κ3) is 4.58. The van der Waals surface area contributed by atoms with Gasteiger partial charge < -0.3 is 9.47 Å². The predicted octanol–water partition coefficient (Wildman–Crippen LogP) is 3.96. The van der Waals surface area contributed by atoms with Crippen LogP contribution in [0.2, 0.25) is 5.02 Å². The van der Waals surface area contributed by atoms with Crippen molar-refractivity contribution in [3.05, 3.63) is 65.4 Å². The molecule has 4 rings (SSSR count). The number of carbonyl (C=O) groups is 1. The minimum Gasteiger partial charge on any atom is -0.496 e. The summed E-state index contributed by atoms with van der Waals surface area (Å²) in [6, 6.07) is 15.2. The van der Waals surface area contributed by atoms with Crippen molar-refractivity contribution < 1.29 is 14.3 Å². The highest BCUT2D eigenvalue weighted by molar-refractivity contribution is 6.30. The summed E-state index contributed by atoms with van der Waals surface area (Å²) in [6.45, 7) is 1.36. The van der Waals surface area contributed by atoms with Crippen molar-refractivity contribution in [2.24, 2.45) is 0 Å². The zero-order valence-electron chi connectivity index (χ0n) is 17.5. The van der Waals surface area contributed by atoms with Crippen molar-refractivity contribution in [1.29, 1.82) is 0 Å². The van der Waals surface area contributed by atoms with Crippen LogP contribution in [0, 0.1) is 0 Å². The number of nitrogens with one attached hydrogen (secondary N) is 1. The van der Waals surface area contributed by atoms with Gasteiger partial charge in [0.15, 0.2) is 0 Å². The first-order chi connectivity index (χ1) is 15.1. The molecule has 2 aromatic carbocycles. The molecule has 0 aliphatic carbocycles. The molecule has 162 valence electrons.